The normalized spacial score (nSPS) is 11.7. The molecule has 1 unspecified atom stereocenters. The SMILES string of the molecule is CCC(COc1ccc(-c2ccccc2)cc1)OC(C)=O. The molecule has 0 aliphatic rings. The number of hydrogen-bond acceptors (Lipinski definition) is 3. The summed E-state index contributed by atoms with van der Waals surface area (Å²) in [5, 5.41) is 0. The van der Waals surface area contributed by atoms with Crippen molar-refractivity contribution in [3.8, 4) is 16.9 Å². The number of rotatable bonds is 6. The highest BCUT2D eigenvalue weighted by Crippen LogP contribution is 2.22. The molecule has 0 heterocycles. The Balaban J connectivity index is 1.95. The molecule has 0 spiro atoms. The smallest absolute Gasteiger partial charge is 0.303 e. The Kier molecular flexibility index (Phi) is 5.38. The molecule has 0 saturated heterocycles. The molecule has 2 aromatic carbocycles. The van der Waals surface area contributed by atoms with Crippen LogP contribution < -0.4 is 4.74 Å². The number of ether oxygens (including phenoxy) is 2. The first kappa shape index (κ1) is 15.1. The van der Waals surface area contributed by atoms with E-state index in [0.29, 0.717) is 6.61 Å². The predicted molar refractivity (Wildman–Crippen MR) is 83.2 cm³/mol. The summed E-state index contributed by atoms with van der Waals surface area (Å²) in [6, 6.07) is 18.1. The van der Waals surface area contributed by atoms with Crippen LogP contribution in [0.2, 0.25) is 0 Å². The van der Waals surface area contributed by atoms with Crippen LogP contribution in [-0.2, 0) is 9.53 Å². The first-order chi connectivity index (χ1) is 10.2. The second-order valence-corrected chi connectivity index (χ2v) is 4.84. The highest BCUT2D eigenvalue weighted by atomic mass is 16.6. The zero-order chi connectivity index (χ0) is 15.1. The van der Waals surface area contributed by atoms with Gasteiger partial charge < -0.3 is 9.47 Å². The average Bonchev–Trinajstić information content (AvgIpc) is 2.52. The van der Waals surface area contributed by atoms with E-state index >= 15 is 0 Å². The Morgan fingerprint density at radius 2 is 1.62 bits per heavy atom. The summed E-state index contributed by atoms with van der Waals surface area (Å²) >= 11 is 0. The molecule has 0 saturated carbocycles. The quantitative estimate of drug-likeness (QED) is 0.750. The van der Waals surface area contributed by atoms with Gasteiger partial charge in [0, 0.05) is 6.92 Å². The van der Waals surface area contributed by atoms with Gasteiger partial charge in [0.05, 0.1) is 0 Å². The van der Waals surface area contributed by atoms with Gasteiger partial charge in [-0.2, -0.15) is 0 Å². The molecule has 0 amide bonds. The Morgan fingerprint density at radius 1 is 1.00 bits per heavy atom. The van der Waals surface area contributed by atoms with Crippen LogP contribution in [0.1, 0.15) is 20.3 Å². The topological polar surface area (TPSA) is 35.5 Å². The van der Waals surface area contributed by atoms with E-state index in [1.54, 1.807) is 0 Å². The van der Waals surface area contributed by atoms with Crippen LogP contribution in [0.5, 0.6) is 5.75 Å². The molecule has 21 heavy (non-hydrogen) atoms. The highest BCUT2D eigenvalue weighted by molar-refractivity contribution is 5.66. The number of esters is 1. The summed E-state index contributed by atoms with van der Waals surface area (Å²) in [6.07, 6.45) is 0.540. The van der Waals surface area contributed by atoms with E-state index in [0.717, 1.165) is 17.7 Å². The second-order valence-electron chi connectivity index (χ2n) is 4.84. The Bertz CT molecular complexity index is 561. The maximum atomic E-state index is 10.9. The van der Waals surface area contributed by atoms with Crippen molar-refractivity contribution in [1.29, 1.82) is 0 Å². The molecule has 0 radical (unpaired) electrons. The molecule has 0 aromatic heterocycles. The summed E-state index contributed by atoms with van der Waals surface area (Å²) in [4.78, 5) is 10.9. The molecule has 3 nitrogen and oxygen atoms in total. The maximum Gasteiger partial charge on any atom is 0.303 e. The van der Waals surface area contributed by atoms with Gasteiger partial charge >= 0.3 is 5.97 Å². The maximum absolute atomic E-state index is 10.9. The molecule has 2 rings (SSSR count). The van der Waals surface area contributed by atoms with Crippen LogP contribution in [0.15, 0.2) is 54.6 Å². The first-order valence-electron chi connectivity index (χ1n) is 7.14. The number of carbonyl (C=O) groups excluding carboxylic acids is 1. The molecule has 110 valence electrons. The number of carbonyl (C=O) groups is 1. The minimum absolute atomic E-state index is 0.198. The second kappa shape index (κ2) is 7.48. The molecule has 0 aliphatic heterocycles. The van der Waals surface area contributed by atoms with E-state index in [4.69, 9.17) is 9.47 Å². The van der Waals surface area contributed by atoms with E-state index in [1.165, 1.54) is 12.5 Å². The van der Waals surface area contributed by atoms with Crippen molar-refractivity contribution in [2.45, 2.75) is 26.4 Å². The number of hydrogen-bond donors (Lipinski definition) is 0. The lowest BCUT2D eigenvalue weighted by atomic mass is 10.1. The largest absolute Gasteiger partial charge is 0.490 e. The van der Waals surface area contributed by atoms with Crippen LogP contribution in [0, 0.1) is 0 Å². The van der Waals surface area contributed by atoms with Crippen molar-refractivity contribution in [2.75, 3.05) is 6.61 Å². The van der Waals surface area contributed by atoms with Gasteiger partial charge in [-0.3, -0.25) is 4.79 Å². The predicted octanol–water partition coefficient (Wildman–Crippen LogP) is 4.07. The van der Waals surface area contributed by atoms with Crippen molar-refractivity contribution in [3.05, 3.63) is 54.6 Å². The molecule has 3 heteroatoms. The highest BCUT2D eigenvalue weighted by Gasteiger charge is 2.10. The van der Waals surface area contributed by atoms with Crippen LogP contribution in [0.3, 0.4) is 0 Å². The zero-order valence-corrected chi connectivity index (χ0v) is 12.4. The lowest BCUT2D eigenvalue weighted by molar-refractivity contribution is -0.147. The van der Waals surface area contributed by atoms with Gasteiger partial charge in [-0.25, -0.2) is 0 Å². The Morgan fingerprint density at radius 3 is 2.19 bits per heavy atom. The lowest BCUT2D eigenvalue weighted by Crippen LogP contribution is -2.23. The summed E-state index contributed by atoms with van der Waals surface area (Å²) in [5.41, 5.74) is 2.32. The minimum Gasteiger partial charge on any atom is -0.490 e. The summed E-state index contributed by atoms with van der Waals surface area (Å²) in [7, 11) is 0. The van der Waals surface area contributed by atoms with Gasteiger partial charge in [0.25, 0.3) is 0 Å². The Hall–Kier alpha value is -2.29. The van der Waals surface area contributed by atoms with Gasteiger partial charge in [-0.1, -0.05) is 49.4 Å². The first-order valence-corrected chi connectivity index (χ1v) is 7.14. The summed E-state index contributed by atoms with van der Waals surface area (Å²) in [5.74, 6) is 0.505. The molecule has 1 atom stereocenters. The third-order valence-corrected chi connectivity index (χ3v) is 3.19. The minimum atomic E-state index is -0.273. The van der Waals surface area contributed by atoms with Crippen LogP contribution in [0.4, 0.5) is 0 Å². The fourth-order valence-electron chi connectivity index (χ4n) is 2.03. The standard InChI is InChI=1S/C18H20O3/c1-3-17(21-14(2)19)13-20-18-11-9-16(10-12-18)15-7-5-4-6-8-15/h4-12,17H,3,13H2,1-2H3. The molecular weight excluding hydrogens is 264 g/mol. The van der Waals surface area contributed by atoms with Crippen LogP contribution in [-0.4, -0.2) is 18.7 Å². The molecule has 0 aliphatic carbocycles. The van der Waals surface area contributed by atoms with Crippen molar-refractivity contribution in [2.24, 2.45) is 0 Å². The third-order valence-electron chi connectivity index (χ3n) is 3.19. The van der Waals surface area contributed by atoms with Crippen molar-refractivity contribution in [3.63, 3.8) is 0 Å². The van der Waals surface area contributed by atoms with E-state index < -0.39 is 0 Å². The van der Waals surface area contributed by atoms with Gasteiger partial charge in [-0.05, 0) is 29.7 Å². The molecule has 0 bridgehead atoms. The molecule has 0 N–H and O–H groups in total. The lowest BCUT2D eigenvalue weighted by Gasteiger charge is -2.16. The molecule has 2 aromatic rings. The average molecular weight is 284 g/mol. The zero-order valence-electron chi connectivity index (χ0n) is 12.4. The third kappa shape index (κ3) is 4.63. The van der Waals surface area contributed by atoms with Crippen molar-refractivity contribution in [1.82, 2.24) is 0 Å². The van der Waals surface area contributed by atoms with E-state index in [9.17, 15) is 4.79 Å². The Labute approximate surface area is 125 Å². The van der Waals surface area contributed by atoms with Gasteiger partial charge in [0.15, 0.2) is 0 Å². The van der Waals surface area contributed by atoms with E-state index in [2.05, 4.69) is 12.1 Å². The fourth-order valence-corrected chi connectivity index (χ4v) is 2.03. The van der Waals surface area contributed by atoms with Gasteiger partial charge in [0.1, 0.15) is 18.5 Å². The van der Waals surface area contributed by atoms with E-state index in [1.807, 2.05) is 49.4 Å². The summed E-state index contributed by atoms with van der Waals surface area (Å²) in [6.45, 7) is 3.76. The number of benzene rings is 2. The van der Waals surface area contributed by atoms with Crippen molar-refractivity contribution < 1.29 is 14.3 Å². The van der Waals surface area contributed by atoms with Gasteiger partial charge in [0.2, 0.25) is 0 Å². The fraction of sp³-hybridized carbons (Fsp3) is 0.278. The van der Waals surface area contributed by atoms with Crippen LogP contribution in [0.25, 0.3) is 11.1 Å². The van der Waals surface area contributed by atoms with Crippen LogP contribution >= 0.6 is 0 Å². The summed E-state index contributed by atoms with van der Waals surface area (Å²) < 4.78 is 10.8. The van der Waals surface area contributed by atoms with E-state index in [-0.39, 0.29) is 12.1 Å². The molecular formula is C18H20O3. The molecule has 0 fully saturated rings. The van der Waals surface area contributed by atoms with Gasteiger partial charge in [-0.15, -0.1) is 0 Å². The monoisotopic (exact) mass is 284 g/mol. The van der Waals surface area contributed by atoms with Crippen molar-refractivity contribution >= 4 is 5.97 Å².